The predicted molar refractivity (Wildman–Crippen MR) is 86.2 cm³/mol. The van der Waals surface area contributed by atoms with E-state index in [4.69, 9.17) is 9.26 Å². The van der Waals surface area contributed by atoms with Crippen LogP contribution >= 0.6 is 0 Å². The minimum absolute atomic E-state index is 0.0588. The van der Waals surface area contributed by atoms with Gasteiger partial charge >= 0.3 is 0 Å². The second kappa shape index (κ2) is 7.42. The van der Waals surface area contributed by atoms with Crippen molar-refractivity contribution in [3.63, 3.8) is 0 Å². The van der Waals surface area contributed by atoms with E-state index in [0.717, 1.165) is 30.6 Å². The van der Waals surface area contributed by atoms with Crippen molar-refractivity contribution in [3.05, 3.63) is 53.4 Å². The molecule has 0 spiro atoms. The van der Waals surface area contributed by atoms with Gasteiger partial charge in [0.2, 0.25) is 0 Å². The van der Waals surface area contributed by atoms with Crippen LogP contribution in [0.4, 0.5) is 0 Å². The third-order valence-corrected chi connectivity index (χ3v) is 3.98. The van der Waals surface area contributed by atoms with Crippen LogP contribution in [0, 0.1) is 0 Å². The molecule has 1 aliphatic carbocycles. The number of nitrogens with one attached hydrogen (secondary N) is 1. The van der Waals surface area contributed by atoms with Gasteiger partial charge in [0.15, 0.2) is 5.69 Å². The zero-order valence-corrected chi connectivity index (χ0v) is 13.3. The van der Waals surface area contributed by atoms with Crippen molar-refractivity contribution in [3.8, 4) is 0 Å². The zero-order chi connectivity index (χ0) is 16.1. The van der Waals surface area contributed by atoms with Gasteiger partial charge in [0.1, 0.15) is 5.76 Å². The second-order valence-electron chi connectivity index (χ2n) is 5.92. The number of amides is 1. The fraction of sp³-hybridized carbons (Fsp3) is 0.444. The van der Waals surface area contributed by atoms with Gasteiger partial charge in [-0.25, -0.2) is 0 Å². The normalized spacial score (nSPS) is 15.3. The van der Waals surface area contributed by atoms with Gasteiger partial charge in [-0.05, 0) is 31.7 Å². The van der Waals surface area contributed by atoms with Crippen LogP contribution in [-0.4, -0.2) is 24.2 Å². The molecule has 1 amide bonds. The zero-order valence-electron chi connectivity index (χ0n) is 13.3. The topological polar surface area (TPSA) is 64.4 Å². The monoisotopic (exact) mass is 314 g/mol. The van der Waals surface area contributed by atoms with Gasteiger partial charge in [-0.2, -0.15) is 0 Å². The standard InChI is InChI=1S/C18H22N2O3/c1-13(14-6-3-2-4-7-14)22-11-5-10-19-18(21)16-12-17(23-20-16)15-8-9-15/h2-4,6-7,12-13,15H,5,8-11H2,1H3,(H,19,21). The highest BCUT2D eigenvalue weighted by Gasteiger charge is 2.28. The highest BCUT2D eigenvalue weighted by Crippen LogP contribution is 2.40. The first kappa shape index (κ1) is 15.7. The van der Waals surface area contributed by atoms with Crippen LogP contribution < -0.4 is 5.32 Å². The van der Waals surface area contributed by atoms with Gasteiger partial charge in [-0.3, -0.25) is 4.79 Å². The number of carbonyl (C=O) groups excluding carboxylic acids is 1. The van der Waals surface area contributed by atoms with E-state index in [9.17, 15) is 4.79 Å². The number of nitrogens with zero attached hydrogens (tertiary/aromatic N) is 1. The molecule has 1 unspecified atom stereocenters. The number of ether oxygens (including phenoxy) is 1. The minimum atomic E-state index is -0.184. The lowest BCUT2D eigenvalue weighted by Gasteiger charge is -2.13. The first-order chi connectivity index (χ1) is 11.2. The molecule has 1 aromatic heterocycles. The quantitative estimate of drug-likeness (QED) is 0.758. The van der Waals surface area contributed by atoms with E-state index in [1.54, 1.807) is 6.07 Å². The Morgan fingerprint density at radius 1 is 1.39 bits per heavy atom. The molecule has 23 heavy (non-hydrogen) atoms. The molecule has 1 heterocycles. The predicted octanol–water partition coefficient (Wildman–Crippen LogP) is 3.45. The van der Waals surface area contributed by atoms with E-state index in [0.29, 0.717) is 24.8 Å². The van der Waals surface area contributed by atoms with Crippen molar-refractivity contribution in [1.29, 1.82) is 0 Å². The summed E-state index contributed by atoms with van der Waals surface area (Å²) in [7, 11) is 0. The summed E-state index contributed by atoms with van der Waals surface area (Å²) in [5, 5.41) is 6.67. The molecule has 1 atom stereocenters. The molecule has 1 saturated carbocycles. The van der Waals surface area contributed by atoms with Crippen LogP contribution in [-0.2, 0) is 4.74 Å². The molecule has 0 radical (unpaired) electrons. The Kier molecular flexibility index (Phi) is 5.08. The number of benzene rings is 1. The number of carbonyl (C=O) groups is 1. The maximum absolute atomic E-state index is 11.9. The SMILES string of the molecule is CC(OCCCNC(=O)c1cc(C2CC2)on1)c1ccccc1. The van der Waals surface area contributed by atoms with Crippen molar-refractivity contribution in [2.75, 3.05) is 13.2 Å². The second-order valence-corrected chi connectivity index (χ2v) is 5.92. The van der Waals surface area contributed by atoms with Crippen LogP contribution in [0.3, 0.4) is 0 Å². The highest BCUT2D eigenvalue weighted by molar-refractivity contribution is 5.92. The maximum Gasteiger partial charge on any atom is 0.273 e. The maximum atomic E-state index is 11.9. The van der Waals surface area contributed by atoms with Crippen molar-refractivity contribution in [2.24, 2.45) is 0 Å². The summed E-state index contributed by atoms with van der Waals surface area (Å²) in [6.45, 7) is 3.19. The third kappa shape index (κ3) is 4.42. The smallest absolute Gasteiger partial charge is 0.273 e. The number of rotatable bonds is 8. The molecule has 1 aliphatic rings. The van der Waals surface area contributed by atoms with Crippen molar-refractivity contribution < 1.29 is 14.1 Å². The average Bonchev–Trinajstić information content (AvgIpc) is 3.32. The van der Waals surface area contributed by atoms with Crippen LogP contribution in [0.5, 0.6) is 0 Å². The van der Waals surface area contributed by atoms with Crippen LogP contribution in [0.1, 0.15) is 60.0 Å². The van der Waals surface area contributed by atoms with Crippen molar-refractivity contribution >= 4 is 5.91 Å². The molecule has 1 fully saturated rings. The molecular weight excluding hydrogens is 292 g/mol. The van der Waals surface area contributed by atoms with Crippen molar-refractivity contribution in [2.45, 2.75) is 38.2 Å². The van der Waals surface area contributed by atoms with Crippen LogP contribution in [0.15, 0.2) is 40.9 Å². The summed E-state index contributed by atoms with van der Waals surface area (Å²) in [6.07, 6.45) is 3.08. The molecule has 122 valence electrons. The molecule has 1 N–H and O–H groups in total. The first-order valence-corrected chi connectivity index (χ1v) is 8.15. The summed E-state index contributed by atoms with van der Waals surface area (Å²) in [6, 6.07) is 11.8. The van der Waals surface area contributed by atoms with Gasteiger partial charge in [-0.1, -0.05) is 35.5 Å². The summed E-state index contributed by atoms with van der Waals surface area (Å²) < 4.78 is 11.0. The molecule has 3 rings (SSSR count). The molecule has 0 bridgehead atoms. The third-order valence-electron chi connectivity index (χ3n) is 3.98. The Bertz CT molecular complexity index is 635. The van der Waals surface area contributed by atoms with Gasteiger partial charge in [0.05, 0.1) is 6.10 Å². The van der Waals surface area contributed by atoms with E-state index in [2.05, 4.69) is 22.6 Å². The summed E-state index contributed by atoms with van der Waals surface area (Å²) >= 11 is 0. The van der Waals surface area contributed by atoms with E-state index in [1.165, 1.54) is 0 Å². The van der Waals surface area contributed by atoms with Crippen LogP contribution in [0.25, 0.3) is 0 Å². The molecule has 1 aromatic carbocycles. The summed E-state index contributed by atoms with van der Waals surface area (Å²) in [4.78, 5) is 11.9. The van der Waals surface area contributed by atoms with E-state index in [1.807, 2.05) is 25.1 Å². The lowest BCUT2D eigenvalue weighted by atomic mass is 10.1. The molecule has 0 aliphatic heterocycles. The Balaban J connectivity index is 1.33. The molecule has 5 nitrogen and oxygen atoms in total. The fourth-order valence-corrected chi connectivity index (χ4v) is 2.40. The lowest BCUT2D eigenvalue weighted by Crippen LogP contribution is -2.25. The van der Waals surface area contributed by atoms with Gasteiger partial charge in [-0.15, -0.1) is 0 Å². The Hall–Kier alpha value is -2.14. The Morgan fingerprint density at radius 3 is 2.91 bits per heavy atom. The summed E-state index contributed by atoms with van der Waals surface area (Å²) in [5.74, 6) is 1.11. The Morgan fingerprint density at radius 2 is 2.17 bits per heavy atom. The van der Waals surface area contributed by atoms with Crippen LogP contribution in [0.2, 0.25) is 0 Å². The molecular formula is C18H22N2O3. The molecule has 2 aromatic rings. The van der Waals surface area contributed by atoms with Gasteiger partial charge in [0, 0.05) is 25.1 Å². The van der Waals surface area contributed by atoms with Crippen molar-refractivity contribution in [1.82, 2.24) is 10.5 Å². The van der Waals surface area contributed by atoms with E-state index < -0.39 is 0 Å². The fourth-order valence-electron chi connectivity index (χ4n) is 2.40. The van der Waals surface area contributed by atoms with Gasteiger partial charge < -0.3 is 14.6 Å². The largest absolute Gasteiger partial charge is 0.374 e. The van der Waals surface area contributed by atoms with E-state index in [-0.39, 0.29) is 12.0 Å². The first-order valence-electron chi connectivity index (χ1n) is 8.15. The van der Waals surface area contributed by atoms with E-state index >= 15 is 0 Å². The number of hydrogen-bond acceptors (Lipinski definition) is 4. The molecule has 5 heteroatoms. The molecule has 0 saturated heterocycles. The number of hydrogen-bond donors (Lipinski definition) is 1. The minimum Gasteiger partial charge on any atom is -0.374 e. The Labute approximate surface area is 136 Å². The van der Waals surface area contributed by atoms with Gasteiger partial charge in [0.25, 0.3) is 5.91 Å². The number of aromatic nitrogens is 1. The lowest BCUT2D eigenvalue weighted by molar-refractivity contribution is 0.0634. The average molecular weight is 314 g/mol. The summed E-state index contributed by atoms with van der Waals surface area (Å²) in [5.41, 5.74) is 1.53. The highest BCUT2D eigenvalue weighted by atomic mass is 16.5.